The van der Waals surface area contributed by atoms with E-state index in [-0.39, 0.29) is 0 Å². The van der Waals surface area contributed by atoms with Crippen molar-refractivity contribution < 1.29 is 0 Å². The smallest absolute Gasteiger partial charge is 0.0794 e. The van der Waals surface area contributed by atoms with Crippen molar-refractivity contribution in [1.82, 2.24) is 0 Å². The molecule has 1 heterocycles. The van der Waals surface area contributed by atoms with E-state index < -0.39 is 0 Å². The Labute approximate surface area is 111 Å². The van der Waals surface area contributed by atoms with Gasteiger partial charge in [-0.15, -0.1) is 0 Å². The van der Waals surface area contributed by atoms with Crippen LogP contribution in [0.4, 0.5) is 0 Å². The molecule has 0 atom stereocenters. The predicted octanol–water partition coefficient (Wildman–Crippen LogP) is 1.09. The quantitative estimate of drug-likeness (QED) is 0.596. The Hall–Kier alpha value is -1.43. The summed E-state index contributed by atoms with van der Waals surface area (Å²) >= 11 is 0. The monoisotopic (exact) mass is 232 g/mol. The van der Waals surface area contributed by atoms with Crippen LogP contribution in [0.3, 0.4) is 0 Å². The SMILES string of the molecule is CB1c2ccccc2B(C)c2cc(C)c(C)cc21. The van der Waals surface area contributed by atoms with E-state index in [4.69, 9.17) is 0 Å². The van der Waals surface area contributed by atoms with Crippen LogP contribution in [0.15, 0.2) is 36.4 Å². The number of fused-ring (bicyclic) bond motifs is 2. The minimum Gasteiger partial charge on any atom is -0.0794 e. The second-order valence-corrected chi connectivity index (χ2v) is 5.64. The zero-order valence-electron chi connectivity index (χ0n) is 11.6. The zero-order chi connectivity index (χ0) is 12.9. The summed E-state index contributed by atoms with van der Waals surface area (Å²) in [5, 5.41) is 0. The highest BCUT2D eigenvalue weighted by Gasteiger charge is 2.31. The van der Waals surface area contributed by atoms with Gasteiger partial charge in [-0.25, -0.2) is 0 Å². The van der Waals surface area contributed by atoms with Gasteiger partial charge < -0.3 is 0 Å². The van der Waals surface area contributed by atoms with E-state index in [9.17, 15) is 0 Å². The Kier molecular flexibility index (Phi) is 2.62. The van der Waals surface area contributed by atoms with Crippen molar-refractivity contribution >= 4 is 35.3 Å². The van der Waals surface area contributed by atoms with Crippen molar-refractivity contribution in [3.63, 3.8) is 0 Å². The highest BCUT2D eigenvalue weighted by Crippen LogP contribution is 2.06. The minimum absolute atomic E-state index is 0.520. The normalized spacial score (nSPS) is 13.3. The first kappa shape index (κ1) is 11.6. The second-order valence-electron chi connectivity index (χ2n) is 5.64. The Balaban J connectivity index is 2.27. The average Bonchev–Trinajstić information content (AvgIpc) is 2.38. The fraction of sp³-hybridized carbons (Fsp3) is 0.250. The summed E-state index contributed by atoms with van der Waals surface area (Å²) in [5.41, 5.74) is 8.86. The molecule has 0 N–H and O–H groups in total. The predicted molar refractivity (Wildman–Crippen MR) is 84.1 cm³/mol. The first-order valence-corrected chi connectivity index (χ1v) is 6.79. The van der Waals surface area contributed by atoms with Crippen LogP contribution in [0, 0.1) is 13.8 Å². The molecule has 0 bridgehead atoms. The van der Waals surface area contributed by atoms with E-state index in [2.05, 4.69) is 63.9 Å². The van der Waals surface area contributed by atoms with Gasteiger partial charge in [0.15, 0.2) is 0 Å². The topological polar surface area (TPSA) is 0 Å². The largest absolute Gasteiger partial charge is 0.204 e. The molecule has 18 heavy (non-hydrogen) atoms. The van der Waals surface area contributed by atoms with E-state index >= 15 is 0 Å². The third kappa shape index (κ3) is 1.55. The van der Waals surface area contributed by atoms with Crippen LogP contribution in [0.1, 0.15) is 11.1 Å². The zero-order valence-corrected chi connectivity index (χ0v) is 11.6. The average molecular weight is 232 g/mol. The van der Waals surface area contributed by atoms with Crippen LogP contribution in [0.2, 0.25) is 13.6 Å². The number of aryl methyl sites for hydroxylation is 2. The number of hydrogen-bond acceptors (Lipinski definition) is 0. The lowest BCUT2D eigenvalue weighted by Gasteiger charge is -2.28. The van der Waals surface area contributed by atoms with E-state index in [1.165, 1.54) is 33.0 Å². The van der Waals surface area contributed by atoms with Crippen molar-refractivity contribution in [2.45, 2.75) is 27.5 Å². The van der Waals surface area contributed by atoms with E-state index in [0.717, 1.165) is 0 Å². The van der Waals surface area contributed by atoms with Gasteiger partial charge in [0.1, 0.15) is 0 Å². The van der Waals surface area contributed by atoms with Gasteiger partial charge in [0.05, 0.1) is 0 Å². The highest BCUT2D eigenvalue weighted by atomic mass is 14.1. The molecule has 3 rings (SSSR count). The lowest BCUT2D eigenvalue weighted by atomic mass is 9.25. The molecule has 1 aliphatic heterocycles. The maximum absolute atomic E-state index is 2.39. The number of hydrogen-bond donors (Lipinski definition) is 0. The van der Waals surface area contributed by atoms with Crippen molar-refractivity contribution in [2.24, 2.45) is 0 Å². The lowest BCUT2D eigenvalue weighted by Crippen LogP contribution is -2.66. The van der Waals surface area contributed by atoms with Crippen LogP contribution < -0.4 is 21.9 Å². The van der Waals surface area contributed by atoms with Gasteiger partial charge in [-0.3, -0.25) is 0 Å². The molecule has 0 saturated carbocycles. The molecule has 0 aliphatic carbocycles. The molecule has 0 spiro atoms. The molecule has 0 nitrogen and oxygen atoms in total. The molecular formula is C16H18B2. The van der Waals surface area contributed by atoms with Gasteiger partial charge in [-0.1, -0.05) is 71.9 Å². The molecule has 1 aliphatic rings. The lowest BCUT2D eigenvalue weighted by molar-refractivity contribution is 1.36. The molecule has 0 fully saturated rings. The Morgan fingerprint density at radius 3 is 1.44 bits per heavy atom. The Morgan fingerprint density at radius 2 is 1.06 bits per heavy atom. The minimum atomic E-state index is 0.520. The van der Waals surface area contributed by atoms with E-state index in [1.807, 2.05) is 0 Å². The summed E-state index contributed by atoms with van der Waals surface area (Å²) in [7, 11) is 0. The summed E-state index contributed by atoms with van der Waals surface area (Å²) in [4.78, 5) is 0. The fourth-order valence-corrected chi connectivity index (χ4v) is 3.25. The summed E-state index contributed by atoms with van der Waals surface area (Å²) in [6.07, 6.45) is 0. The number of rotatable bonds is 0. The van der Waals surface area contributed by atoms with Crippen LogP contribution >= 0.6 is 0 Å². The summed E-state index contributed by atoms with van der Waals surface area (Å²) < 4.78 is 0. The summed E-state index contributed by atoms with van der Waals surface area (Å²) in [6, 6.07) is 13.7. The molecule has 0 amide bonds. The molecule has 0 aromatic heterocycles. The molecular weight excluding hydrogens is 214 g/mol. The summed E-state index contributed by atoms with van der Waals surface area (Å²) in [6.45, 7) is 10.1. The third-order valence-corrected chi connectivity index (χ3v) is 4.56. The maximum atomic E-state index is 2.39. The highest BCUT2D eigenvalue weighted by molar-refractivity contribution is 7.01. The van der Waals surface area contributed by atoms with Gasteiger partial charge in [0.2, 0.25) is 13.4 Å². The molecule has 0 saturated heterocycles. The van der Waals surface area contributed by atoms with E-state index in [1.54, 1.807) is 0 Å². The first-order chi connectivity index (χ1) is 8.59. The van der Waals surface area contributed by atoms with Crippen LogP contribution in [0.5, 0.6) is 0 Å². The van der Waals surface area contributed by atoms with Crippen LogP contribution in [-0.4, -0.2) is 13.4 Å². The van der Waals surface area contributed by atoms with Gasteiger partial charge in [0.25, 0.3) is 0 Å². The molecule has 2 heteroatoms. The van der Waals surface area contributed by atoms with Crippen molar-refractivity contribution in [3.8, 4) is 0 Å². The van der Waals surface area contributed by atoms with Crippen LogP contribution in [-0.2, 0) is 0 Å². The molecule has 2 aromatic carbocycles. The molecule has 0 unspecified atom stereocenters. The first-order valence-electron chi connectivity index (χ1n) is 6.79. The van der Waals surface area contributed by atoms with Crippen molar-refractivity contribution in [3.05, 3.63) is 47.5 Å². The van der Waals surface area contributed by atoms with Crippen molar-refractivity contribution in [1.29, 1.82) is 0 Å². The fourth-order valence-electron chi connectivity index (χ4n) is 3.25. The number of benzene rings is 2. The Bertz CT molecular complexity index is 562. The molecule has 0 radical (unpaired) electrons. The molecule has 2 aromatic rings. The second kappa shape index (κ2) is 4.05. The van der Waals surface area contributed by atoms with Gasteiger partial charge in [-0.05, 0) is 25.0 Å². The van der Waals surface area contributed by atoms with Gasteiger partial charge in [0, 0.05) is 0 Å². The standard InChI is InChI=1S/C16H18B2/c1-11-9-15-16(10-12(11)2)18(4)14-8-6-5-7-13(14)17(15)3/h5-10H,1-4H3. The Morgan fingerprint density at radius 1 is 0.667 bits per heavy atom. The maximum Gasteiger partial charge on any atom is 0.204 e. The summed E-state index contributed by atoms with van der Waals surface area (Å²) in [5.74, 6) is 0. The van der Waals surface area contributed by atoms with Gasteiger partial charge >= 0.3 is 0 Å². The van der Waals surface area contributed by atoms with Crippen LogP contribution in [0.25, 0.3) is 0 Å². The van der Waals surface area contributed by atoms with Gasteiger partial charge in [-0.2, -0.15) is 0 Å². The van der Waals surface area contributed by atoms with Crippen molar-refractivity contribution in [2.75, 3.05) is 0 Å². The molecule has 88 valence electrons. The van der Waals surface area contributed by atoms with E-state index in [0.29, 0.717) is 13.4 Å². The third-order valence-electron chi connectivity index (χ3n) is 4.56.